The highest BCUT2D eigenvalue weighted by molar-refractivity contribution is 7.13. The average Bonchev–Trinajstić information content (AvgIpc) is 2.95. The first kappa shape index (κ1) is 15.5. The maximum atomic E-state index is 12.0. The van der Waals surface area contributed by atoms with Crippen molar-refractivity contribution in [2.24, 2.45) is 0 Å². The minimum atomic E-state index is -0.0872. The van der Waals surface area contributed by atoms with E-state index >= 15 is 0 Å². The molecule has 0 aliphatic heterocycles. The van der Waals surface area contributed by atoms with Gasteiger partial charge >= 0.3 is 0 Å². The van der Waals surface area contributed by atoms with E-state index in [-0.39, 0.29) is 12.3 Å². The van der Waals surface area contributed by atoms with Crippen molar-refractivity contribution in [1.82, 2.24) is 4.98 Å². The second kappa shape index (κ2) is 7.26. The Kier molecular flexibility index (Phi) is 4.90. The van der Waals surface area contributed by atoms with Crippen LogP contribution < -0.4 is 10.6 Å². The Bertz CT molecular complexity index is 804. The van der Waals surface area contributed by atoms with Crippen molar-refractivity contribution >= 4 is 45.4 Å². The zero-order chi connectivity index (χ0) is 16.1. The van der Waals surface area contributed by atoms with Crippen molar-refractivity contribution in [3.63, 3.8) is 0 Å². The summed E-state index contributed by atoms with van der Waals surface area (Å²) in [6, 6.07) is 16.8. The lowest BCUT2D eigenvalue weighted by molar-refractivity contribution is -0.115. The van der Waals surface area contributed by atoms with E-state index < -0.39 is 0 Å². The van der Waals surface area contributed by atoms with E-state index in [9.17, 15) is 4.79 Å². The lowest BCUT2D eigenvalue weighted by Gasteiger charge is -2.03. The Hall–Kier alpha value is -2.37. The normalized spacial score (nSPS) is 10.3. The standard InChI is InChI=1S/C17H14ClN3OS/c18-12-5-4-8-14(9-12)20-17-21-15(11-23-17)10-16(22)19-13-6-2-1-3-7-13/h1-9,11H,10H2,(H,19,22)(H,20,21). The average molecular weight is 344 g/mol. The first-order valence-corrected chi connectivity index (χ1v) is 8.27. The lowest BCUT2D eigenvalue weighted by Crippen LogP contribution is -2.14. The Morgan fingerprint density at radius 2 is 1.87 bits per heavy atom. The molecular weight excluding hydrogens is 330 g/mol. The highest BCUT2D eigenvalue weighted by Crippen LogP contribution is 2.23. The third-order valence-electron chi connectivity index (χ3n) is 3.03. The van der Waals surface area contributed by atoms with Gasteiger partial charge in [-0.25, -0.2) is 4.98 Å². The minimum absolute atomic E-state index is 0.0872. The SMILES string of the molecule is O=C(Cc1csc(Nc2cccc(Cl)c2)n1)Nc1ccccc1. The van der Waals surface area contributed by atoms with Gasteiger partial charge in [-0.3, -0.25) is 4.79 Å². The van der Waals surface area contributed by atoms with Crippen molar-refractivity contribution in [2.75, 3.05) is 10.6 Å². The lowest BCUT2D eigenvalue weighted by atomic mass is 10.3. The van der Waals surface area contributed by atoms with E-state index in [0.29, 0.717) is 5.02 Å². The molecule has 23 heavy (non-hydrogen) atoms. The Morgan fingerprint density at radius 3 is 2.65 bits per heavy atom. The molecule has 0 atom stereocenters. The molecule has 0 radical (unpaired) electrons. The maximum absolute atomic E-state index is 12.0. The molecule has 6 heteroatoms. The number of rotatable bonds is 5. The van der Waals surface area contributed by atoms with E-state index in [4.69, 9.17) is 11.6 Å². The van der Waals surface area contributed by atoms with Crippen molar-refractivity contribution in [3.8, 4) is 0 Å². The van der Waals surface area contributed by atoms with Crippen LogP contribution >= 0.6 is 22.9 Å². The molecule has 0 fully saturated rings. The number of anilines is 3. The monoisotopic (exact) mass is 343 g/mol. The Labute approximate surface area is 143 Å². The van der Waals surface area contributed by atoms with Crippen LogP contribution in [0.4, 0.5) is 16.5 Å². The predicted octanol–water partition coefficient (Wildman–Crippen LogP) is 4.72. The summed E-state index contributed by atoms with van der Waals surface area (Å²) in [5.74, 6) is -0.0872. The first-order valence-electron chi connectivity index (χ1n) is 7.01. The summed E-state index contributed by atoms with van der Waals surface area (Å²) in [6.07, 6.45) is 0.239. The molecule has 1 heterocycles. The zero-order valence-electron chi connectivity index (χ0n) is 12.1. The second-order valence-electron chi connectivity index (χ2n) is 4.87. The van der Waals surface area contributed by atoms with Gasteiger partial charge in [-0.15, -0.1) is 11.3 Å². The highest BCUT2D eigenvalue weighted by Gasteiger charge is 2.08. The zero-order valence-corrected chi connectivity index (χ0v) is 13.7. The number of halogens is 1. The van der Waals surface area contributed by atoms with Gasteiger partial charge in [0.15, 0.2) is 5.13 Å². The molecule has 1 amide bonds. The fourth-order valence-electron chi connectivity index (χ4n) is 2.03. The topological polar surface area (TPSA) is 54.0 Å². The number of carbonyl (C=O) groups excluding carboxylic acids is 1. The van der Waals surface area contributed by atoms with Crippen LogP contribution in [0.15, 0.2) is 60.0 Å². The molecule has 116 valence electrons. The molecule has 2 N–H and O–H groups in total. The molecule has 3 rings (SSSR count). The second-order valence-corrected chi connectivity index (χ2v) is 6.16. The van der Waals surface area contributed by atoms with Gasteiger partial charge in [0.05, 0.1) is 12.1 Å². The van der Waals surface area contributed by atoms with E-state index in [2.05, 4.69) is 15.6 Å². The molecule has 3 aromatic rings. The number of hydrogen-bond donors (Lipinski definition) is 2. The van der Waals surface area contributed by atoms with Crippen molar-refractivity contribution in [2.45, 2.75) is 6.42 Å². The van der Waals surface area contributed by atoms with Crippen LogP contribution in [0.5, 0.6) is 0 Å². The number of nitrogens with zero attached hydrogens (tertiary/aromatic N) is 1. The molecular formula is C17H14ClN3OS. The number of thiazole rings is 1. The smallest absolute Gasteiger partial charge is 0.230 e. The fourth-order valence-corrected chi connectivity index (χ4v) is 2.95. The summed E-state index contributed by atoms with van der Waals surface area (Å²) in [4.78, 5) is 16.4. The van der Waals surface area contributed by atoms with Crippen molar-refractivity contribution < 1.29 is 4.79 Å². The van der Waals surface area contributed by atoms with Gasteiger partial charge in [-0.05, 0) is 30.3 Å². The quantitative estimate of drug-likeness (QED) is 0.704. The van der Waals surface area contributed by atoms with E-state index in [1.165, 1.54) is 11.3 Å². The van der Waals surface area contributed by atoms with Gasteiger partial charge in [-0.1, -0.05) is 35.9 Å². The number of aromatic nitrogens is 1. The molecule has 0 unspecified atom stereocenters. The van der Waals surface area contributed by atoms with Crippen LogP contribution in [0.25, 0.3) is 0 Å². The Morgan fingerprint density at radius 1 is 1.09 bits per heavy atom. The number of amides is 1. The van der Waals surface area contributed by atoms with Crippen LogP contribution in [0.1, 0.15) is 5.69 Å². The minimum Gasteiger partial charge on any atom is -0.331 e. The van der Waals surface area contributed by atoms with Gasteiger partial charge in [0.2, 0.25) is 5.91 Å². The van der Waals surface area contributed by atoms with Gasteiger partial charge in [0.25, 0.3) is 0 Å². The Balaban J connectivity index is 1.60. The molecule has 4 nitrogen and oxygen atoms in total. The molecule has 1 aromatic heterocycles. The van der Waals surface area contributed by atoms with Crippen LogP contribution in [0.2, 0.25) is 5.02 Å². The van der Waals surface area contributed by atoms with Crippen LogP contribution in [0, 0.1) is 0 Å². The molecule has 2 aromatic carbocycles. The van der Waals surface area contributed by atoms with Gasteiger partial charge in [0, 0.05) is 21.8 Å². The number of nitrogens with one attached hydrogen (secondary N) is 2. The van der Waals surface area contributed by atoms with Gasteiger partial charge in [0.1, 0.15) is 0 Å². The molecule has 0 aliphatic carbocycles. The number of hydrogen-bond acceptors (Lipinski definition) is 4. The summed E-state index contributed by atoms with van der Waals surface area (Å²) < 4.78 is 0. The molecule has 0 bridgehead atoms. The summed E-state index contributed by atoms with van der Waals surface area (Å²) >= 11 is 7.41. The maximum Gasteiger partial charge on any atom is 0.230 e. The first-order chi connectivity index (χ1) is 11.2. The summed E-state index contributed by atoms with van der Waals surface area (Å²) in [5.41, 5.74) is 2.38. The summed E-state index contributed by atoms with van der Waals surface area (Å²) in [6.45, 7) is 0. The third-order valence-corrected chi connectivity index (χ3v) is 4.07. The number of benzene rings is 2. The van der Waals surface area contributed by atoms with E-state index in [1.54, 1.807) is 0 Å². The largest absolute Gasteiger partial charge is 0.331 e. The van der Waals surface area contributed by atoms with Crippen LogP contribution in [0.3, 0.4) is 0 Å². The molecule has 0 saturated heterocycles. The highest BCUT2D eigenvalue weighted by atomic mass is 35.5. The van der Waals surface area contributed by atoms with E-state index in [0.717, 1.165) is 22.2 Å². The molecule has 0 saturated carbocycles. The third kappa shape index (κ3) is 4.55. The molecule has 0 spiro atoms. The predicted molar refractivity (Wildman–Crippen MR) is 95.6 cm³/mol. The van der Waals surface area contributed by atoms with E-state index in [1.807, 2.05) is 60.0 Å². The van der Waals surface area contributed by atoms with Gasteiger partial charge in [-0.2, -0.15) is 0 Å². The van der Waals surface area contributed by atoms with Crippen LogP contribution in [-0.4, -0.2) is 10.9 Å². The van der Waals surface area contributed by atoms with Crippen molar-refractivity contribution in [3.05, 3.63) is 70.7 Å². The number of para-hydroxylation sites is 1. The fraction of sp³-hybridized carbons (Fsp3) is 0.0588. The van der Waals surface area contributed by atoms with Crippen molar-refractivity contribution in [1.29, 1.82) is 0 Å². The number of carbonyl (C=O) groups is 1. The van der Waals surface area contributed by atoms with Gasteiger partial charge < -0.3 is 10.6 Å². The summed E-state index contributed by atoms with van der Waals surface area (Å²) in [7, 11) is 0. The molecule has 0 aliphatic rings. The summed E-state index contributed by atoms with van der Waals surface area (Å²) in [5, 5.41) is 9.29. The van der Waals surface area contributed by atoms with Crippen LogP contribution in [-0.2, 0) is 11.2 Å².